The first-order valence-corrected chi connectivity index (χ1v) is 7.50. The zero-order valence-corrected chi connectivity index (χ0v) is 12.1. The Morgan fingerprint density at radius 2 is 1.95 bits per heavy atom. The molecule has 0 radical (unpaired) electrons. The molecule has 7 heteroatoms. The first kappa shape index (κ1) is 14.6. The van der Waals surface area contributed by atoms with Gasteiger partial charge in [0.1, 0.15) is 10.7 Å². The lowest BCUT2D eigenvalue weighted by atomic mass is 10.2. The van der Waals surface area contributed by atoms with Gasteiger partial charge in [-0.2, -0.15) is 0 Å². The maximum Gasteiger partial charge on any atom is 0.264 e. The van der Waals surface area contributed by atoms with Crippen LogP contribution in [0.25, 0.3) is 0 Å². The SMILES string of the molecule is Cc1cccc(F)c1NS(=O)(=O)c1cc(Cl)ccc1N. The Labute approximate surface area is 121 Å². The summed E-state index contributed by atoms with van der Waals surface area (Å²) >= 11 is 5.77. The fourth-order valence-electron chi connectivity index (χ4n) is 1.69. The van der Waals surface area contributed by atoms with Crippen LogP contribution in [-0.2, 0) is 10.0 Å². The maximum atomic E-state index is 13.7. The highest BCUT2D eigenvalue weighted by molar-refractivity contribution is 7.92. The van der Waals surface area contributed by atoms with E-state index in [4.69, 9.17) is 17.3 Å². The Morgan fingerprint density at radius 3 is 2.60 bits per heavy atom. The molecular formula is C13H12ClFN2O2S. The zero-order chi connectivity index (χ0) is 14.9. The average Bonchev–Trinajstić information content (AvgIpc) is 2.37. The topological polar surface area (TPSA) is 72.2 Å². The van der Waals surface area contributed by atoms with Crippen LogP contribution in [0.4, 0.5) is 15.8 Å². The number of rotatable bonds is 3. The van der Waals surface area contributed by atoms with Crippen LogP contribution in [0.1, 0.15) is 5.56 Å². The fraction of sp³-hybridized carbons (Fsp3) is 0.0769. The molecule has 3 N–H and O–H groups in total. The van der Waals surface area contributed by atoms with Crippen LogP contribution < -0.4 is 10.5 Å². The van der Waals surface area contributed by atoms with E-state index in [0.717, 1.165) is 0 Å². The van der Waals surface area contributed by atoms with E-state index in [2.05, 4.69) is 4.72 Å². The van der Waals surface area contributed by atoms with Crippen LogP contribution in [0.3, 0.4) is 0 Å². The van der Waals surface area contributed by atoms with E-state index in [0.29, 0.717) is 5.56 Å². The Kier molecular flexibility index (Phi) is 3.87. The lowest BCUT2D eigenvalue weighted by molar-refractivity contribution is 0.598. The third-order valence-electron chi connectivity index (χ3n) is 2.72. The molecule has 0 saturated heterocycles. The molecule has 2 aromatic carbocycles. The summed E-state index contributed by atoms with van der Waals surface area (Å²) in [6, 6.07) is 8.34. The van der Waals surface area contributed by atoms with Crippen LogP contribution in [-0.4, -0.2) is 8.42 Å². The minimum atomic E-state index is -4.01. The quantitative estimate of drug-likeness (QED) is 0.855. The van der Waals surface area contributed by atoms with Gasteiger partial charge in [0.2, 0.25) is 0 Å². The number of hydrogen-bond donors (Lipinski definition) is 2. The van der Waals surface area contributed by atoms with Crippen molar-refractivity contribution in [3.05, 3.63) is 52.8 Å². The number of halogens is 2. The van der Waals surface area contributed by atoms with Gasteiger partial charge in [-0.15, -0.1) is 0 Å². The summed E-state index contributed by atoms with van der Waals surface area (Å²) in [7, 11) is -4.01. The Hall–Kier alpha value is -1.79. The molecule has 0 aromatic heterocycles. The number of hydrogen-bond acceptors (Lipinski definition) is 3. The van der Waals surface area contributed by atoms with Crippen molar-refractivity contribution >= 4 is 33.0 Å². The first-order chi connectivity index (χ1) is 9.31. The minimum Gasteiger partial charge on any atom is -0.398 e. The highest BCUT2D eigenvalue weighted by Crippen LogP contribution is 2.27. The third-order valence-corrected chi connectivity index (χ3v) is 4.36. The molecule has 0 atom stereocenters. The fourth-order valence-corrected chi connectivity index (χ4v) is 3.23. The van der Waals surface area contributed by atoms with E-state index < -0.39 is 15.8 Å². The Balaban J connectivity index is 2.49. The van der Waals surface area contributed by atoms with E-state index in [1.54, 1.807) is 13.0 Å². The molecule has 0 amide bonds. The minimum absolute atomic E-state index is 0.0379. The van der Waals surface area contributed by atoms with E-state index in [9.17, 15) is 12.8 Å². The van der Waals surface area contributed by atoms with Crippen molar-refractivity contribution in [2.75, 3.05) is 10.5 Å². The van der Waals surface area contributed by atoms with Gasteiger partial charge in [0.05, 0.1) is 11.4 Å². The Bertz CT molecular complexity index is 743. The zero-order valence-electron chi connectivity index (χ0n) is 10.5. The monoisotopic (exact) mass is 314 g/mol. The lowest BCUT2D eigenvalue weighted by Crippen LogP contribution is -2.16. The smallest absolute Gasteiger partial charge is 0.264 e. The molecule has 20 heavy (non-hydrogen) atoms. The van der Waals surface area contributed by atoms with Crippen molar-refractivity contribution in [3.8, 4) is 0 Å². The molecule has 0 fully saturated rings. The van der Waals surface area contributed by atoms with Crippen molar-refractivity contribution in [2.24, 2.45) is 0 Å². The third kappa shape index (κ3) is 2.86. The van der Waals surface area contributed by atoms with Gasteiger partial charge < -0.3 is 5.73 Å². The molecule has 2 rings (SSSR count). The summed E-state index contributed by atoms with van der Waals surface area (Å²) < 4.78 is 40.4. The number of sulfonamides is 1. The maximum absolute atomic E-state index is 13.7. The number of nitrogen functional groups attached to an aromatic ring is 1. The summed E-state index contributed by atoms with van der Waals surface area (Å²) in [6.45, 7) is 1.60. The highest BCUT2D eigenvalue weighted by atomic mass is 35.5. The van der Waals surface area contributed by atoms with Crippen LogP contribution in [0.15, 0.2) is 41.3 Å². The second-order valence-electron chi connectivity index (χ2n) is 4.22. The van der Waals surface area contributed by atoms with E-state index in [-0.39, 0.29) is 21.3 Å². The van der Waals surface area contributed by atoms with Gasteiger partial charge in [-0.05, 0) is 36.8 Å². The van der Waals surface area contributed by atoms with E-state index in [1.807, 2.05) is 0 Å². The van der Waals surface area contributed by atoms with Crippen molar-refractivity contribution in [1.29, 1.82) is 0 Å². The van der Waals surface area contributed by atoms with E-state index in [1.165, 1.54) is 30.3 Å². The van der Waals surface area contributed by atoms with Crippen LogP contribution >= 0.6 is 11.6 Å². The van der Waals surface area contributed by atoms with Crippen LogP contribution in [0.5, 0.6) is 0 Å². The van der Waals surface area contributed by atoms with Gasteiger partial charge in [0.25, 0.3) is 10.0 Å². The number of anilines is 2. The standard InChI is InChI=1S/C13H12ClFN2O2S/c1-8-3-2-4-10(15)13(8)17-20(18,19)12-7-9(14)5-6-11(12)16/h2-7,17H,16H2,1H3. The summed E-state index contributed by atoms with van der Waals surface area (Å²) in [4.78, 5) is -0.187. The average molecular weight is 315 g/mol. The molecule has 0 saturated carbocycles. The molecule has 106 valence electrons. The molecule has 0 spiro atoms. The number of nitrogens with one attached hydrogen (secondary N) is 1. The van der Waals surface area contributed by atoms with Gasteiger partial charge >= 0.3 is 0 Å². The van der Waals surface area contributed by atoms with Gasteiger partial charge in [0, 0.05) is 5.02 Å². The van der Waals surface area contributed by atoms with Crippen molar-refractivity contribution in [2.45, 2.75) is 11.8 Å². The van der Waals surface area contributed by atoms with Crippen molar-refractivity contribution in [3.63, 3.8) is 0 Å². The summed E-state index contributed by atoms with van der Waals surface area (Å²) in [5.74, 6) is -0.658. The summed E-state index contributed by atoms with van der Waals surface area (Å²) in [6.07, 6.45) is 0. The largest absolute Gasteiger partial charge is 0.398 e. The first-order valence-electron chi connectivity index (χ1n) is 5.64. The van der Waals surface area contributed by atoms with Gasteiger partial charge in [-0.1, -0.05) is 23.7 Å². The molecule has 0 aliphatic heterocycles. The second kappa shape index (κ2) is 5.30. The predicted molar refractivity (Wildman–Crippen MR) is 77.8 cm³/mol. The van der Waals surface area contributed by atoms with Gasteiger partial charge in [-0.25, -0.2) is 12.8 Å². The normalized spacial score (nSPS) is 11.3. The van der Waals surface area contributed by atoms with Crippen molar-refractivity contribution in [1.82, 2.24) is 0 Å². The molecule has 0 aliphatic rings. The molecule has 0 bridgehead atoms. The lowest BCUT2D eigenvalue weighted by Gasteiger charge is -2.13. The predicted octanol–water partition coefficient (Wildman–Crippen LogP) is 3.17. The van der Waals surface area contributed by atoms with E-state index >= 15 is 0 Å². The van der Waals surface area contributed by atoms with Crippen molar-refractivity contribution < 1.29 is 12.8 Å². The number of aryl methyl sites for hydroxylation is 1. The second-order valence-corrected chi connectivity index (χ2v) is 6.31. The number of benzene rings is 2. The van der Waals surface area contributed by atoms with Gasteiger partial charge in [0.15, 0.2) is 0 Å². The molecule has 0 heterocycles. The molecular weight excluding hydrogens is 303 g/mol. The number of nitrogens with two attached hydrogens (primary N) is 1. The molecule has 0 unspecified atom stereocenters. The highest BCUT2D eigenvalue weighted by Gasteiger charge is 2.20. The van der Waals surface area contributed by atoms with Gasteiger partial charge in [-0.3, -0.25) is 4.72 Å². The molecule has 2 aromatic rings. The van der Waals surface area contributed by atoms with Crippen LogP contribution in [0, 0.1) is 12.7 Å². The summed E-state index contributed by atoms with van der Waals surface area (Å²) in [5.41, 5.74) is 6.03. The van der Waals surface area contributed by atoms with Crippen LogP contribution in [0.2, 0.25) is 5.02 Å². The Morgan fingerprint density at radius 1 is 1.25 bits per heavy atom. The number of para-hydroxylation sites is 1. The molecule has 4 nitrogen and oxygen atoms in total. The summed E-state index contributed by atoms with van der Waals surface area (Å²) in [5, 5.41) is 0.227. The molecule has 0 aliphatic carbocycles.